The van der Waals surface area contributed by atoms with Crippen molar-refractivity contribution in [3.63, 3.8) is 0 Å². The van der Waals surface area contributed by atoms with Crippen molar-refractivity contribution in [2.45, 2.75) is 20.4 Å². The molecule has 4 nitrogen and oxygen atoms in total. The van der Waals surface area contributed by atoms with Crippen LogP contribution in [-0.4, -0.2) is 34.2 Å². The van der Waals surface area contributed by atoms with Crippen LogP contribution in [0.2, 0.25) is 0 Å². The summed E-state index contributed by atoms with van der Waals surface area (Å²) in [5.74, 6) is -1.28. The van der Waals surface area contributed by atoms with Gasteiger partial charge in [0.1, 0.15) is 11.3 Å². The molecule has 0 atom stereocenters. The topological polar surface area (TPSA) is 60.8 Å². The molecular formula is C12H17NO3. The molecule has 0 spiro atoms. The first-order valence-corrected chi connectivity index (χ1v) is 5.36. The molecule has 0 radical (unpaired) electrons. The summed E-state index contributed by atoms with van der Waals surface area (Å²) >= 11 is 0. The van der Waals surface area contributed by atoms with Crippen LogP contribution in [0.4, 0.5) is 0 Å². The zero-order chi connectivity index (χ0) is 12.1. The molecule has 0 aliphatic rings. The Kier molecular flexibility index (Phi) is 4.31. The second-order valence-electron chi connectivity index (χ2n) is 3.62. The molecule has 1 rings (SSSR count). The summed E-state index contributed by atoms with van der Waals surface area (Å²) in [6, 6.07) is 4.71. The van der Waals surface area contributed by atoms with Crippen molar-refractivity contribution in [3.8, 4) is 5.75 Å². The van der Waals surface area contributed by atoms with E-state index in [0.717, 1.165) is 18.7 Å². The average molecular weight is 223 g/mol. The molecular weight excluding hydrogens is 206 g/mol. The first-order chi connectivity index (χ1) is 7.58. The molecule has 1 aromatic carbocycles. The largest absolute Gasteiger partial charge is 0.507 e. The number of nitrogens with zero attached hydrogens (tertiary/aromatic N) is 1. The van der Waals surface area contributed by atoms with Gasteiger partial charge in [-0.25, -0.2) is 4.79 Å². The number of aromatic hydroxyl groups is 1. The minimum Gasteiger partial charge on any atom is -0.507 e. The first kappa shape index (κ1) is 12.5. The summed E-state index contributed by atoms with van der Waals surface area (Å²) in [5, 5.41) is 18.2. The highest BCUT2D eigenvalue weighted by molar-refractivity contribution is 5.90. The molecule has 88 valence electrons. The van der Waals surface area contributed by atoms with E-state index in [0.29, 0.717) is 6.54 Å². The van der Waals surface area contributed by atoms with Crippen LogP contribution >= 0.6 is 0 Å². The Balaban J connectivity index is 2.90. The lowest BCUT2D eigenvalue weighted by molar-refractivity contribution is 0.0693. The lowest BCUT2D eigenvalue weighted by atomic mass is 10.1. The zero-order valence-corrected chi connectivity index (χ0v) is 9.60. The van der Waals surface area contributed by atoms with Gasteiger partial charge in [0, 0.05) is 6.54 Å². The smallest absolute Gasteiger partial charge is 0.339 e. The Morgan fingerprint density at radius 1 is 1.31 bits per heavy atom. The highest BCUT2D eigenvalue weighted by Gasteiger charge is 2.11. The summed E-state index contributed by atoms with van der Waals surface area (Å²) in [4.78, 5) is 13.0. The van der Waals surface area contributed by atoms with Crippen LogP contribution < -0.4 is 0 Å². The fourth-order valence-electron chi connectivity index (χ4n) is 1.56. The van der Waals surface area contributed by atoms with Gasteiger partial charge in [-0.2, -0.15) is 0 Å². The van der Waals surface area contributed by atoms with Crippen LogP contribution in [0.5, 0.6) is 5.75 Å². The maximum atomic E-state index is 10.8. The average Bonchev–Trinajstić information content (AvgIpc) is 2.27. The normalized spacial score (nSPS) is 10.7. The van der Waals surface area contributed by atoms with E-state index < -0.39 is 5.97 Å². The van der Waals surface area contributed by atoms with Crippen LogP contribution in [0, 0.1) is 0 Å². The van der Waals surface area contributed by atoms with Crippen molar-refractivity contribution in [2.24, 2.45) is 0 Å². The van der Waals surface area contributed by atoms with Gasteiger partial charge in [-0.3, -0.25) is 4.90 Å². The van der Waals surface area contributed by atoms with Gasteiger partial charge in [0.05, 0.1) is 0 Å². The predicted octanol–water partition coefficient (Wildman–Crippen LogP) is 1.93. The van der Waals surface area contributed by atoms with Crippen LogP contribution in [0.15, 0.2) is 18.2 Å². The number of hydrogen-bond donors (Lipinski definition) is 2. The van der Waals surface area contributed by atoms with Gasteiger partial charge in [0.2, 0.25) is 0 Å². The third-order valence-electron chi connectivity index (χ3n) is 2.59. The molecule has 0 aromatic heterocycles. The van der Waals surface area contributed by atoms with Crippen molar-refractivity contribution in [1.82, 2.24) is 4.90 Å². The minimum atomic E-state index is -1.10. The van der Waals surface area contributed by atoms with E-state index in [2.05, 4.69) is 18.7 Å². The first-order valence-electron chi connectivity index (χ1n) is 5.36. The van der Waals surface area contributed by atoms with Gasteiger partial charge in [-0.15, -0.1) is 0 Å². The maximum Gasteiger partial charge on any atom is 0.339 e. The molecule has 4 heteroatoms. The van der Waals surface area contributed by atoms with E-state index >= 15 is 0 Å². The number of phenols is 1. The Hall–Kier alpha value is -1.55. The number of hydrogen-bond acceptors (Lipinski definition) is 3. The third-order valence-corrected chi connectivity index (χ3v) is 2.59. The van der Waals surface area contributed by atoms with E-state index in [1.165, 1.54) is 12.1 Å². The highest BCUT2D eigenvalue weighted by Crippen LogP contribution is 2.19. The number of carboxylic acids is 1. The van der Waals surface area contributed by atoms with Gasteiger partial charge >= 0.3 is 5.97 Å². The van der Waals surface area contributed by atoms with Crippen molar-refractivity contribution >= 4 is 5.97 Å². The Labute approximate surface area is 95.1 Å². The molecule has 0 saturated heterocycles. The molecule has 0 amide bonds. The molecule has 1 aromatic rings. The number of carbonyl (C=O) groups is 1. The molecule has 0 aliphatic heterocycles. The molecule has 2 N–H and O–H groups in total. The summed E-state index contributed by atoms with van der Waals surface area (Å²) in [6.45, 7) is 6.65. The van der Waals surface area contributed by atoms with Gasteiger partial charge in [-0.05, 0) is 30.8 Å². The molecule has 0 aliphatic carbocycles. The summed E-state index contributed by atoms with van der Waals surface area (Å²) in [7, 11) is 0. The van der Waals surface area contributed by atoms with Crippen LogP contribution in [0.25, 0.3) is 0 Å². The second kappa shape index (κ2) is 5.51. The van der Waals surface area contributed by atoms with Crippen molar-refractivity contribution in [2.75, 3.05) is 13.1 Å². The van der Waals surface area contributed by atoms with Crippen LogP contribution in [0.3, 0.4) is 0 Å². The Morgan fingerprint density at radius 3 is 2.44 bits per heavy atom. The lowest BCUT2D eigenvalue weighted by Crippen LogP contribution is -2.22. The lowest BCUT2D eigenvalue weighted by Gasteiger charge is -2.18. The summed E-state index contributed by atoms with van der Waals surface area (Å²) < 4.78 is 0. The van der Waals surface area contributed by atoms with Gasteiger partial charge in [-0.1, -0.05) is 19.9 Å². The third kappa shape index (κ3) is 2.97. The van der Waals surface area contributed by atoms with E-state index in [4.69, 9.17) is 5.11 Å². The summed E-state index contributed by atoms with van der Waals surface area (Å²) in [6.07, 6.45) is 0. The number of carboxylic acid groups (broad SMARTS) is 1. The fourth-order valence-corrected chi connectivity index (χ4v) is 1.56. The Bertz CT molecular complexity index is 373. The standard InChI is InChI=1S/C12H17NO3/c1-3-13(4-2)8-9-5-6-11(14)10(7-9)12(15)16/h5-7,14H,3-4,8H2,1-2H3,(H,15,16). The number of rotatable bonds is 5. The SMILES string of the molecule is CCN(CC)Cc1ccc(O)c(C(=O)O)c1. The number of aromatic carboxylic acids is 1. The molecule has 0 bridgehead atoms. The monoisotopic (exact) mass is 223 g/mol. The van der Waals surface area contributed by atoms with Gasteiger partial charge in [0.25, 0.3) is 0 Å². The molecule has 16 heavy (non-hydrogen) atoms. The molecule has 0 heterocycles. The van der Waals surface area contributed by atoms with E-state index in [9.17, 15) is 9.90 Å². The fraction of sp³-hybridized carbons (Fsp3) is 0.417. The molecule has 0 saturated carbocycles. The van der Waals surface area contributed by atoms with Crippen LogP contribution in [0.1, 0.15) is 29.8 Å². The highest BCUT2D eigenvalue weighted by atomic mass is 16.4. The van der Waals surface area contributed by atoms with Crippen molar-refractivity contribution in [3.05, 3.63) is 29.3 Å². The van der Waals surface area contributed by atoms with Gasteiger partial charge in [0.15, 0.2) is 0 Å². The quantitative estimate of drug-likeness (QED) is 0.800. The zero-order valence-electron chi connectivity index (χ0n) is 9.60. The van der Waals surface area contributed by atoms with Crippen molar-refractivity contribution < 1.29 is 15.0 Å². The molecule has 0 unspecified atom stereocenters. The minimum absolute atomic E-state index is 0.0374. The second-order valence-corrected chi connectivity index (χ2v) is 3.62. The predicted molar refractivity (Wildman–Crippen MR) is 61.7 cm³/mol. The van der Waals surface area contributed by atoms with Crippen LogP contribution in [-0.2, 0) is 6.54 Å². The summed E-state index contributed by atoms with van der Waals surface area (Å²) in [5.41, 5.74) is 0.864. The van der Waals surface area contributed by atoms with Crippen molar-refractivity contribution in [1.29, 1.82) is 0 Å². The Morgan fingerprint density at radius 2 is 1.94 bits per heavy atom. The van der Waals surface area contributed by atoms with E-state index in [1.54, 1.807) is 6.07 Å². The van der Waals surface area contributed by atoms with E-state index in [-0.39, 0.29) is 11.3 Å². The van der Waals surface area contributed by atoms with Gasteiger partial charge < -0.3 is 10.2 Å². The number of benzene rings is 1. The maximum absolute atomic E-state index is 10.8. The molecule has 0 fully saturated rings. The van der Waals surface area contributed by atoms with E-state index in [1.807, 2.05) is 0 Å².